The Morgan fingerprint density at radius 3 is 2.70 bits per heavy atom. The Kier molecular flexibility index (Phi) is 8.35. The van der Waals surface area contributed by atoms with Crippen LogP contribution in [-0.4, -0.2) is 61.0 Å². The fourth-order valence-electron chi connectivity index (χ4n) is 2.83. The van der Waals surface area contributed by atoms with Gasteiger partial charge in [0.2, 0.25) is 0 Å². The van der Waals surface area contributed by atoms with E-state index in [1.165, 1.54) is 5.69 Å². The molecule has 0 amide bonds. The second kappa shape index (κ2) is 9.48. The van der Waals surface area contributed by atoms with Gasteiger partial charge in [-0.05, 0) is 25.0 Å². The number of guanidine groups is 1. The lowest BCUT2D eigenvalue weighted by atomic mass is 9.81. The molecular formula is C16H29IN4O2. The van der Waals surface area contributed by atoms with Gasteiger partial charge in [0.05, 0.1) is 13.2 Å². The van der Waals surface area contributed by atoms with Crippen LogP contribution in [0.1, 0.15) is 18.5 Å². The van der Waals surface area contributed by atoms with Gasteiger partial charge in [-0.1, -0.05) is 0 Å². The third kappa shape index (κ3) is 5.36. The fraction of sp³-hybridized carbons (Fsp3) is 0.688. The van der Waals surface area contributed by atoms with E-state index in [4.69, 9.17) is 4.74 Å². The number of hydrogen-bond donors (Lipinski definition) is 2. The minimum absolute atomic E-state index is 0. The van der Waals surface area contributed by atoms with Gasteiger partial charge in [0.15, 0.2) is 5.96 Å². The predicted molar refractivity (Wildman–Crippen MR) is 103 cm³/mol. The van der Waals surface area contributed by atoms with Crippen molar-refractivity contribution < 1.29 is 9.84 Å². The summed E-state index contributed by atoms with van der Waals surface area (Å²) in [4.78, 5) is 6.45. The van der Waals surface area contributed by atoms with Crippen molar-refractivity contribution >= 4 is 29.9 Å². The van der Waals surface area contributed by atoms with E-state index >= 15 is 0 Å². The van der Waals surface area contributed by atoms with E-state index < -0.39 is 0 Å². The highest BCUT2D eigenvalue weighted by Gasteiger charge is 2.32. The lowest BCUT2D eigenvalue weighted by Crippen LogP contribution is -2.47. The number of aromatic nitrogens is 1. The summed E-state index contributed by atoms with van der Waals surface area (Å²) < 4.78 is 7.52. The first-order valence-electron chi connectivity index (χ1n) is 7.81. The van der Waals surface area contributed by atoms with E-state index in [0.717, 1.165) is 45.1 Å². The van der Waals surface area contributed by atoms with Crippen molar-refractivity contribution in [2.45, 2.75) is 19.4 Å². The average Bonchev–Trinajstić information content (AvgIpc) is 2.94. The van der Waals surface area contributed by atoms with E-state index in [1.807, 2.05) is 26.4 Å². The summed E-state index contributed by atoms with van der Waals surface area (Å²) in [5.74, 6) is 0.848. The molecule has 2 heterocycles. The molecule has 0 bridgehead atoms. The van der Waals surface area contributed by atoms with E-state index in [9.17, 15) is 5.11 Å². The van der Waals surface area contributed by atoms with Crippen LogP contribution in [-0.2, 0) is 18.3 Å². The minimum atomic E-state index is -0.0972. The van der Waals surface area contributed by atoms with Crippen molar-refractivity contribution in [3.63, 3.8) is 0 Å². The molecule has 0 saturated carbocycles. The van der Waals surface area contributed by atoms with Gasteiger partial charge in [-0.2, -0.15) is 0 Å². The normalized spacial score (nSPS) is 17.5. The van der Waals surface area contributed by atoms with Crippen molar-refractivity contribution in [1.29, 1.82) is 0 Å². The lowest BCUT2D eigenvalue weighted by Gasteiger charge is -2.36. The lowest BCUT2D eigenvalue weighted by molar-refractivity contribution is -0.0134. The van der Waals surface area contributed by atoms with E-state index in [0.29, 0.717) is 0 Å². The molecule has 1 aromatic rings. The number of ether oxygens (including phenoxy) is 1. The molecule has 0 unspecified atom stereocenters. The fourth-order valence-corrected chi connectivity index (χ4v) is 2.83. The molecule has 23 heavy (non-hydrogen) atoms. The Bertz CT molecular complexity index is 498. The molecule has 0 radical (unpaired) electrons. The number of rotatable bonds is 5. The monoisotopic (exact) mass is 436 g/mol. The number of aliphatic imine (C=N–C) groups is 1. The molecule has 1 aliphatic rings. The number of aliphatic hydroxyl groups excluding tert-OH is 1. The maximum atomic E-state index is 9.76. The Balaban J connectivity index is 0.00000264. The van der Waals surface area contributed by atoms with Crippen molar-refractivity contribution in [2.75, 3.05) is 40.5 Å². The molecule has 2 N–H and O–H groups in total. The van der Waals surface area contributed by atoms with Gasteiger partial charge in [0, 0.05) is 58.2 Å². The van der Waals surface area contributed by atoms with Crippen LogP contribution in [0.5, 0.6) is 0 Å². The molecule has 0 aromatic carbocycles. The standard InChI is InChI=1S/C16H28N4O2.HI/c1-17-15(20(3)11-14-5-4-8-19(14)2)18-12-16(13-21)6-9-22-10-7-16;/h4-5,8,21H,6-7,9-13H2,1-3H3,(H,17,18);1H. The largest absolute Gasteiger partial charge is 0.396 e. The summed E-state index contributed by atoms with van der Waals surface area (Å²) in [7, 11) is 5.86. The molecule has 0 atom stereocenters. The van der Waals surface area contributed by atoms with Crippen LogP contribution in [0.2, 0.25) is 0 Å². The smallest absolute Gasteiger partial charge is 0.193 e. The van der Waals surface area contributed by atoms with E-state index in [1.54, 1.807) is 7.05 Å². The van der Waals surface area contributed by atoms with E-state index in [-0.39, 0.29) is 36.0 Å². The van der Waals surface area contributed by atoms with Crippen LogP contribution in [0.3, 0.4) is 0 Å². The van der Waals surface area contributed by atoms with Crippen LogP contribution in [0.25, 0.3) is 0 Å². The van der Waals surface area contributed by atoms with Crippen LogP contribution in [0.4, 0.5) is 0 Å². The van der Waals surface area contributed by atoms with Gasteiger partial charge in [0.1, 0.15) is 0 Å². The predicted octanol–water partition coefficient (Wildman–Crippen LogP) is 1.44. The zero-order valence-corrected chi connectivity index (χ0v) is 16.6. The summed E-state index contributed by atoms with van der Waals surface area (Å²) in [5.41, 5.74) is 1.13. The Morgan fingerprint density at radius 1 is 1.48 bits per heavy atom. The Labute approximate surface area is 155 Å². The summed E-state index contributed by atoms with van der Waals surface area (Å²) in [5, 5.41) is 13.2. The summed E-state index contributed by atoms with van der Waals surface area (Å²) >= 11 is 0. The van der Waals surface area contributed by atoms with Gasteiger partial charge in [0.25, 0.3) is 0 Å². The molecule has 2 rings (SSSR count). The molecule has 1 aliphatic heterocycles. The molecule has 7 heteroatoms. The maximum absolute atomic E-state index is 9.76. The third-order valence-corrected chi connectivity index (χ3v) is 4.53. The first-order valence-corrected chi connectivity index (χ1v) is 7.81. The van der Waals surface area contributed by atoms with Crippen LogP contribution >= 0.6 is 24.0 Å². The SMILES string of the molecule is CN=C(NCC1(CO)CCOCC1)N(C)Cc1cccn1C.I. The highest BCUT2D eigenvalue weighted by atomic mass is 127. The molecule has 1 saturated heterocycles. The zero-order chi connectivity index (χ0) is 16.0. The van der Waals surface area contributed by atoms with Gasteiger partial charge in [-0.15, -0.1) is 24.0 Å². The molecular weight excluding hydrogens is 407 g/mol. The highest BCUT2D eigenvalue weighted by molar-refractivity contribution is 14.0. The topological polar surface area (TPSA) is 62.0 Å². The summed E-state index contributed by atoms with van der Waals surface area (Å²) in [6.07, 6.45) is 3.81. The molecule has 132 valence electrons. The van der Waals surface area contributed by atoms with Crippen molar-refractivity contribution in [3.05, 3.63) is 24.0 Å². The number of nitrogens with zero attached hydrogens (tertiary/aromatic N) is 3. The summed E-state index contributed by atoms with van der Waals surface area (Å²) in [6, 6.07) is 4.15. The first-order chi connectivity index (χ1) is 10.6. The van der Waals surface area contributed by atoms with Crippen LogP contribution in [0.15, 0.2) is 23.3 Å². The molecule has 1 fully saturated rings. The zero-order valence-electron chi connectivity index (χ0n) is 14.3. The second-order valence-electron chi connectivity index (χ2n) is 6.14. The van der Waals surface area contributed by atoms with Gasteiger partial charge in [-0.25, -0.2) is 0 Å². The quantitative estimate of drug-likeness (QED) is 0.417. The van der Waals surface area contributed by atoms with Gasteiger partial charge < -0.3 is 24.6 Å². The third-order valence-electron chi connectivity index (χ3n) is 4.53. The second-order valence-corrected chi connectivity index (χ2v) is 6.14. The Morgan fingerprint density at radius 2 is 2.17 bits per heavy atom. The number of hydrogen-bond acceptors (Lipinski definition) is 3. The van der Waals surface area contributed by atoms with Crippen molar-refractivity contribution in [1.82, 2.24) is 14.8 Å². The maximum Gasteiger partial charge on any atom is 0.193 e. The highest BCUT2D eigenvalue weighted by Crippen LogP contribution is 2.29. The number of nitrogens with one attached hydrogen (secondary N) is 1. The molecule has 0 spiro atoms. The van der Waals surface area contributed by atoms with Crippen molar-refractivity contribution in [2.24, 2.45) is 17.5 Å². The number of aliphatic hydroxyl groups is 1. The molecule has 1 aromatic heterocycles. The number of halogens is 1. The summed E-state index contributed by atoms with van der Waals surface area (Å²) in [6.45, 7) is 3.14. The van der Waals surface area contributed by atoms with Gasteiger partial charge >= 0.3 is 0 Å². The van der Waals surface area contributed by atoms with Crippen molar-refractivity contribution in [3.8, 4) is 0 Å². The van der Waals surface area contributed by atoms with Crippen LogP contribution < -0.4 is 5.32 Å². The first kappa shape index (κ1) is 20.2. The van der Waals surface area contributed by atoms with E-state index in [2.05, 4.69) is 25.8 Å². The van der Waals surface area contributed by atoms with Crippen LogP contribution in [0, 0.1) is 5.41 Å². The van der Waals surface area contributed by atoms with Gasteiger partial charge in [-0.3, -0.25) is 4.99 Å². The average molecular weight is 436 g/mol. The number of aryl methyl sites for hydroxylation is 1. The molecule has 0 aliphatic carbocycles. The Hall–Kier alpha value is -0.800. The molecule has 6 nitrogen and oxygen atoms in total. The minimum Gasteiger partial charge on any atom is -0.396 e.